The molecule has 0 unspecified atom stereocenters. The molecule has 1 N–H and O–H groups in total. The molecule has 0 saturated heterocycles. The Bertz CT molecular complexity index is 433. The zero-order valence-electron chi connectivity index (χ0n) is 7.05. The van der Waals surface area contributed by atoms with Crippen molar-refractivity contribution in [1.82, 2.24) is 15.4 Å². The van der Waals surface area contributed by atoms with E-state index < -0.39 is 0 Å². The summed E-state index contributed by atoms with van der Waals surface area (Å²) < 4.78 is 0. The second kappa shape index (κ2) is 2.34. The van der Waals surface area contributed by atoms with Crippen LogP contribution in [0.1, 0.15) is 11.1 Å². The second-order valence-corrected chi connectivity index (χ2v) is 2.91. The van der Waals surface area contributed by atoms with Crippen LogP contribution in [0.5, 0.6) is 0 Å². The van der Waals surface area contributed by atoms with Crippen LogP contribution in [0, 0.1) is 13.8 Å². The van der Waals surface area contributed by atoms with Crippen molar-refractivity contribution >= 4 is 24.3 Å². The third kappa shape index (κ3) is 0.842. The fraction of sp³-hybridized carbons (Fsp3) is 0.250. The predicted molar refractivity (Wildman–Crippen MR) is 48.8 cm³/mol. The maximum absolute atomic E-state index is 5.76. The van der Waals surface area contributed by atoms with Crippen LogP contribution in [0.25, 0.3) is 11.0 Å². The molecule has 0 bridgehead atoms. The summed E-state index contributed by atoms with van der Waals surface area (Å²) in [4.78, 5) is 0. The highest BCUT2D eigenvalue weighted by Crippen LogP contribution is 2.14. The Balaban J connectivity index is 2.94. The van der Waals surface area contributed by atoms with Gasteiger partial charge >= 0.3 is 0 Å². The Morgan fingerprint density at radius 1 is 1.25 bits per heavy atom. The fourth-order valence-electron chi connectivity index (χ4n) is 1.27. The van der Waals surface area contributed by atoms with E-state index in [0.29, 0.717) is 0 Å². The maximum atomic E-state index is 5.76. The molecule has 1 aromatic carbocycles. The van der Waals surface area contributed by atoms with Gasteiger partial charge in [-0.25, -0.2) is 0 Å². The third-order valence-corrected chi connectivity index (χ3v) is 2.22. The number of aromatic amines is 1. The highest BCUT2D eigenvalue weighted by Gasteiger charge is 2.05. The predicted octanol–water partition coefficient (Wildman–Crippen LogP) is 0.369. The third-order valence-electron chi connectivity index (χ3n) is 2.22. The lowest BCUT2D eigenvalue weighted by molar-refractivity contribution is 0.958. The van der Waals surface area contributed by atoms with Gasteiger partial charge in [-0.05, 0) is 25.5 Å². The molecule has 0 aliphatic rings. The minimum absolute atomic E-state index is 0.772. The van der Waals surface area contributed by atoms with E-state index in [1.807, 2.05) is 19.9 Å². The van der Waals surface area contributed by atoms with E-state index in [1.165, 1.54) is 0 Å². The largest absolute Gasteiger partial charge is 0.197 e. The molecule has 0 atom stereocenters. The van der Waals surface area contributed by atoms with Gasteiger partial charge in [-0.2, -0.15) is 15.4 Å². The van der Waals surface area contributed by atoms with Crippen molar-refractivity contribution in [2.24, 2.45) is 0 Å². The zero-order valence-corrected chi connectivity index (χ0v) is 7.05. The van der Waals surface area contributed by atoms with Crippen LogP contribution in [0.15, 0.2) is 6.07 Å². The first-order valence-electron chi connectivity index (χ1n) is 3.76. The minimum atomic E-state index is 0.772. The van der Waals surface area contributed by atoms with Gasteiger partial charge in [-0.3, -0.25) is 0 Å². The minimum Gasteiger partial charge on any atom is -0.197 e. The maximum Gasteiger partial charge on any atom is 0.116 e. The van der Waals surface area contributed by atoms with Gasteiger partial charge in [0.05, 0.1) is 0 Å². The van der Waals surface area contributed by atoms with Crippen molar-refractivity contribution in [2.75, 3.05) is 0 Å². The van der Waals surface area contributed by atoms with E-state index in [9.17, 15) is 0 Å². The number of rotatable bonds is 0. The van der Waals surface area contributed by atoms with E-state index in [-0.39, 0.29) is 0 Å². The topological polar surface area (TPSA) is 41.6 Å². The fourth-order valence-corrected chi connectivity index (χ4v) is 1.27. The van der Waals surface area contributed by atoms with Gasteiger partial charge in [-0.1, -0.05) is 11.0 Å². The Hall–Kier alpha value is -1.32. The van der Waals surface area contributed by atoms with Crippen molar-refractivity contribution in [3.8, 4) is 0 Å². The molecule has 0 aliphatic carbocycles. The molecule has 1 heterocycles. The number of benzene rings is 1. The molecule has 2 rings (SSSR count). The van der Waals surface area contributed by atoms with Gasteiger partial charge in [0.25, 0.3) is 0 Å². The van der Waals surface area contributed by atoms with E-state index in [1.54, 1.807) is 0 Å². The van der Waals surface area contributed by atoms with Crippen LogP contribution in [-0.4, -0.2) is 23.3 Å². The Kier molecular flexibility index (Phi) is 1.43. The van der Waals surface area contributed by atoms with Gasteiger partial charge in [-0.15, -0.1) is 0 Å². The summed E-state index contributed by atoms with van der Waals surface area (Å²) >= 11 is 0. The molecule has 2 radical (unpaired) electrons. The van der Waals surface area contributed by atoms with Gasteiger partial charge in [0.15, 0.2) is 0 Å². The van der Waals surface area contributed by atoms with Gasteiger partial charge in [0.2, 0.25) is 0 Å². The first-order chi connectivity index (χ1) is 5.70. The molecule has 1 aromatic heterocycles. The lowest BCUT2D eigenvalue weighted by Gasteiger charge is -2.03. The average molecular weight is 157 g/mol. The molecule has 0 amide bonds. The lowest BCUT2D eigenvalue weighted by atomic mass is 9.88. The Morgan fingerprint density at radius 2 is 2.00 bits per heavy atom. The molecule has 0 spiro atoms. The van der Waals surface area contributed by atoms with Crippen molar-refractivity contribution in [1.29, 1.82) is 0 Å². The molecule has 4 heteroatoms. The number of H-pyrrole nitrogens is 1. The van der Waals surface area contributed by atoms with E-state index in [4.69, 9.17) is 7.85 Å². The van der Waals surface area contributed by atoms with Crippen molar-refractivity contribution in [2.45, 2.75) is 13.8 Å². The number of nitrogens with one attached hydrogen (secondary N) is 1. The molecular weight excluding hydrogens is 149 g/mol. The highest BCUT2D eigenvalue weighted by atomic mass is 15.3. The highest BCUT2D eigenvalue weighted by molar-refractivity contribution is 6.34. The van der Waals surface area contributed by atoms with Gasteiger partial charge in [0.1, 0.15) is 18.9 Å². The van der Waals surface area contributed by atoms with Gasteiger partial charge in [0, 0.05) is 0 Å². The van der Waals surface area contributed by atoms with Crippen LogP contribution in [0.4, 0.5) is 0 Å². The monoisotopic (exact) mass is 157 g/mol. The molecule has 3 nitrogen and oxygen atoms in total. The molecule has 2 aromatic rings. The van der Waals surface area contributed by atoms with Crippen LogP contribution < -0.4 is 5.46 Å². The van der Waals surface area contributed by atoms with E-state index in [0.717, 1.165) is 27.6 Å². The van der Waals surface area contributed by atoms with E-state index >= 15 is 0 Å². The number of hydrogen-bond donors (Lipinski definition) is 1. The number of aryl methyl sites for hydroxylation is 1. The summed E-state index contributed by atoms with van der Waals surface area (Å²) in [6, 6.07) is 1.83. The number of nitrogens with zero attached hydrogens (tertiary/aromatic N) is 2. The number of hydrogen-bond acceptors (Lipinski definition) is 2. The summed E-state index contributed by atoms with van der Waals surface area (Å²) in [5.41, 5.74) is 4.68. The number of fused-ring (bicyclic) bond motifs is 1. The summed E-state index contributed by atoms with van der Waals surface area (Å²) in [7, 11) is 5.76. The smallest absolute Gasteiger partial charge is 0.116 e. The Labute approximate surface area is 71.6 Å². The first kappa shape index (κ1) is 7.34. The SMILES string of the molecule is [B]c1cc2n[nH]nc2c(C)c1C. The normalized spacial score (nSPS) is 10.8. The quantitative estimate of drug-likeness (QED) is 0.561. The summed E-state index contributed by atoms with van der Waals surface area (Å²) in [5, 5.41) is 10.6. The van der Waals surface area contributed by atoms with Crippen molar-refractivity contribution in [3.63, 3.8) is 0 Å². The van der Waals surface area contributed by atoms with E-state index in [2.05, 4.69) is 15.4 Å². The van der Waals surface area contributed by atoms with Crippen LogP contribution in [0.3, 0.4) is 0 Å². The summed E-state index contributed by atoms with van der Waals surface area (Å²) in [5.74, 6) is 0. The van der Waals surface area contributed by atoms with Gasteiger partial charge < -0.3 is 0 Å². The lowest BCUT2D eigenvalue weighted by Crippen LogP contribution is -2.08. The Morgan fingerprint density at radius 3 is 2.75 bits per heavy atom. The van der Waals surface area contributed by atoms with Crippen LogP contribution >= 0.6 is 0 Å². The molecule has 12 heavy (non-hydrogen) atoms. The molecule has 0 fully saturated rings. The molecule has 0 saturated carbocycles. The van der Waals surface area contributed by atoms with Crippen LogP contribution in [0.2, 0.25) is 0 Å². The average Bonchev–Trinajstić information content (AvgIpc) is 2.48. The molecule has 0 aliphatic heterocycles. The summed E-state index contributed by atoms with van der Waals surface area (Å²) in [6.45, 7) is 3.98. The zero-order chi connectivity index (χ0) is 8.72. The second-order valence-electron chi connectivity index (χ2n) is 2.91. The van der Waals surface area contributed by atoms with Crippen LogP contribution in [-0.2, 0) is 0 Å². The molecule has 58 valence electrons. The van der Waals surface area contributed by atoms with Crippen molar-refractivity contribution in [3.05, 3.63) is 17.2 Å². The molecular formula is C8H8BN3. The van der Waals surface area contributed by atoms with Crippen molar-refractivity contribution < 1.29 is 0 Å². The standard InChI is InChI=1S/C8H8BN3/c1-4-5(2)8-7(3-6(4)9)10-12-11-8/h3H,1-2H3,(H,10,11,12). The summed E-state index contributed by atoms with van der Waals surface area (Å²) in [6.07, 6.45) is 0. The first-order valence-corrected chi connectivity index (χ1v) is 3.76. The number of aromatic nitrogens is 3.